The van der Waals surface area contributed by atoms with Gasteiger partial charge in [0.15, 0.2) is 0 Å². The van der Waals surface area contributed by atoms with Crippen LogP contribution in [0.1, 0.15) is 39.0 Å². The molecule has 1 aliphatic heterocycles. The van der Waals surface area contributed by atoms with Gasteiger partial charge in [-0.25, -0.2) is 0 Å². The lowest BCUT2D eigenvalue weighted by atomic mass is 9.89. The molecular formula is C12H22N2O. The van der Waals surface area contributed by atoms with Gasteiger partial charge in [0.25, 0.3) is 0 Å². The van der Waals surface area contributed by atoms with E-state index in [1.54, 1.807) is 0 Å². The Morgan fingerprint density at radius 1 is 1.27 bits per heavy atom. The lowest BCUT2D eigenvalue weighted by Crippen LogP contribution is -2.48. The minimum absolute atomic E-state index is 0.298. The maximum Gasteiger partial charge on any atom is 0.226 e. The Hall–Kier alpha value is -0.570. The molecule has 1 aliphatic carbocycles. The standard InChI is InChI=1S/C12H22N2O/c1-2-14(11-4-3-5-11)12(15)10-6-8-13-9-7-10/h10-11,13H,2-9H2,1H3. The van der Waals surface area contributed by atoms with Gasteiger partial charge in [-0.05, 0) is 52.1 Å². The van der Waals surface area contributed by atoms with Crippen molar-refractivity contribution in [2.45, 2.75) is 45.1 Å². The fourth-order valence-electron chi connectivity index (χ4n) is 2.60. The summed E-state index contributed by atoms with van der Waals surface area (Å²) in [7, 11) is 0. The number of nitrogens with zero attached hydrogens (tertiary/aromatic N) is 1. The second-order valence-corrected chi connectivity index (χ2v) is 4.73. The topological polar surface area (TPSA) is 32.3 Å². The number of carbonyl (C=O) groups is 1. The summed E-state index contributed by atoms with van der Waals surface area (Å²) >= 11 is 0. The van der Waals surface area contributed by atoms with E-state index in [2.05, 4.69) is 17.1 Å². The molecule has 1 saturated carbocycles. The van der Waals surface area contributed by atoms with Crippen LogP contribution in [0.3, 0.4) is 0 Å². The molecule has 3 nitrogen and oxygen atoms in total. The monoisotopic (exact) mass is 210 g/mol. The summed E-state index contributed by atoms with van der Waals surface area (Å²) in [6.07, 6.45) is 5.82. The number of hydrogen-bond acceptors (Lipinski definition) is 2. The van der Waals surface area contributed by atoms with Crippen LogP contribution in [0.4, 0.5) is 0 Å². The van der Waals surface area contributed by atoms with Gasteiger partial charge in [-0.15, -0.1) is 0 Å². The average Bonchev–Trinajstić information content (AvgIpc) is 2.23. The molecule has 2 rings (SSSR count). The lowest BCUT2D eigenvalue weighted by Gasteiger charge is -2.39. The summed E-state index contributed by atoms with van der Waals surface area (Å²) in [6, 6.07) is 0.567. The highest BCUT2D eigenvalue weighted by Gasteiger charge is 2.32. The van der Waals surface area contributed by atoms with E-state index in [9.17, 15) is 4.79 Å². The molecule has 0 bridgehead atoms. The van der Waals surface area contributed by atoms with Gasteiger partial charge in [-0.2, -0.15) is 0 Å². The van der Waals surface area contributed by atoms with E-state index >= 15 is 0 Å². The quantitative estimate of drug-likeness (QED) is 0.763. The molecule has 0 radical (unpaired) electrons. The zero-order valence-electron chi connectivity index (χ0n) is 9.67. The Labute approximate surface area is 92.2 Å². The highest BCUT2D eigenvalue weighted by Crippen LogP contribution is 2.27. The predicted molar refractivity (Wildman–Crippen MR) is 60.6 cm³/mol. The zero-order valence-corrected chi connectivity index (χ0v) is 9.67. The number of rotatable bonds is 3. The molecule has 86 valence electrons. The van der Waals surface area contributed by atoms with Crippen molar-refractivity contribution in [1.29, 1.82) is 0 Å². The van der Waals surface area contributed by atoms with Crippen molar-refractivity contribution in [2.75, 3.05) is 19.6 Å². The van der Waals surface area contributed by atoms with Crippen LogP contribution in [0.2, 0.25) is 0 Å². The van der Waals surface area contributed by atoms with Crippen LogP contribution in [0.5, 0.6) is 0 Å². The predicted octanol–water partition coefficient (Wildman–Crippen LogP) is 1.39. The number of nitrogens with one attached hydrogen (secondary N) is 1. The summed E-state index contributed by atoms with van der Waals surface area (Å²) in [4.78, 5) is 14.4. The van der Waals surface area contributed by atoms with E-state index in [0.29, 0.717) is 17.9 Å². The Kier molecular flexibility index (Phi) is 3.62. The summed E-state index contributed by atoms with van der Waals surface area (Å²) in [6.45, 7) is 5.03. The van der Waals surface area contributed by atoms with Gasteiger partial charge in [-0.1, -0.05) is 0 Å². The highest BCUT2D eigenvalue weighted by molar-refractivity contribution is 5.79. The van der Waals surface area contributed by atoms with E-state index in [0.717, 1.165) is 32.5 Å². The van der Waals surface area contributed by atoms with E-state index in [-0.39, 0.29) is 0 Å². The Bertz CT molecular complexity index is 220. The molecule has 2 fully saturated rings. The Morgan fingerprint density at radius 2 is 1.93 bits per heavy atom. The number of piperidine rings is 1. The normalized spacial score (nSPS) is 23.5. The first kappa shape index (κ1) is 10.9. The van der Waals surface area contributed by atoms with E-state index in [1.165, 1.54) is 19.3 Å². The molecule has 0 unspecified atom stereocenters. The van der Waals surface area contributed by atoms with Gasteiger partial charge in [0.05, 0.1) is 0 Å². The summed E-state index contributed by atoms with van der Waals surface area (Å²) in [5.74, 6) is 0.718. The molecule has 0 aromatic heterocycles. The fraction of sp³-hybridized carbons (Fsp3) is 0.917. The maximum absolute atomic E-state index is 12.3. The molecule has 1 heterocycles. The average molecular weight is 210 g/mol. The number of amides is 1. The smallest absolute Gasteiger partial charge is 0.226 e. The SMILES string of the molecule is CCN(C(=O)C1CCNCC1)C1CCC1. The van der Waals surface area contributed by atoms with Crippen LogP contribution in [-0.4, -0.2) is 36.5 Å². The first-order chi connectivity index (χ1) is 7.33. The zero-order chi connectivity index (χ0) is 10.7. The molecule has 1 amide bonds. The highest BCUT2D eigenvalue weighted by atomic mass is 16.2. The van der Waals surface area contributed by atoms with Gasteiger partial charge in [0.1, 0.15) is 0 Å². The van der Waals surface area contributed by atoms with Gasteiger partial charge < -0.3 is 10.2 Å². The fourth-order valence-corrected chi connectivity index (χ4v) is 2.60. The third kappa shape index (κ3) is 2.33. The van der Waals surface area contributed by atoms with Crippen molar-refractivity contribution in [1.82, 2.24) is 10.2 Å². The summed E-state index contributed by atoms with van der Waals surface area (Å²) in [5.41, 5.74) is 0. The van der Waals surface area contributed by atoms with E-state index < -0.39 is 0 Å². The third-order valence-corrected chi connectivity index (χ3v) is 3.83. The van der Waals surface area contributed by atoms with Crippen molar-refractivity contribution in [3.05, 3.63) is 0 Å². The van der Waals surface area contributed by atoms with Crippen molar-refractivity contribution in [2.24, 2.45) is 5.92 Å². The van der Waals surface area contributed by atoms with Crippen LogP contribution in [-0.2, 0) is 4.79 Å². The molecule has 1 N–H and O–H groups in total. The summed E-state index contributed by atoms with van der Waals surface area (Å²) < 4.78 is 0. The molecule has 0 atom stereocenters. The second kappa shape index (κ2) is 4.97. The van der Waals surface area contributed by atoms with Crippen molar-refractivity contribution in [3.8, 4) is 0 Å². The van der Waals surface area contributed by atoms with Gasteiger partial charge in [0, 0.05) is 18.5 Å². The molecule has 0 aromatic rings. The van der Waals surface area contributed by atoms with Crippen LogP contribution in [0, 0.1) is 5.92 Å². The third-order valence-electron chi connectivity index (χ3n) is 3.83. The molecule has 0 spiro atoms. The minimum Gasteiger partial charge on any atom is -0.340 e. The van der Waals surface area contributed by atoms with E-state index in [1.807, 2.05) is 0 Å². The number of carbonyl (C=O) groups excluding carboxylic acids is 1. The van der Waals surface area contributed by atoms with Crippen LogP contribution in [0.15, 0.2) is 0 Å². The first-order valence-electron chi connectivity index (χ1n) is 6.34. The van der Waals surface area contributed by atoms with Crippen LogP contribution in [0.25, 0.3) is 0 Å². The van der Waals surface area contributed by atoms with Gasteiger partial charge in [0.2, 0.25) is 5.91 Å². The largest absolute Gasteiger partial charge is 0.340 e. The van der Waals surface area contributed by atoms with E-state index in [4.69, 9.17) is 0 Å². The molecule has 0 aromatic carbocycles. The lowest BCUT2D eigenvalue weighted by molar-refractivity contribution is -0.140. The molecule has 2 aliphatic rings. The molecule has 15 heavy (non-hydrogen) atoms. The number of hydrogen-bond donors (Lipinski definition) is 1. The van der Waals surface area contributed by atoms with Crippen LogP contribution < -0.4 is 5.32 Å². The van der Waals surface area contributed by atoms with Crippen molar-refractivity contribution >= 4 is 5.91 Å². The Balaban J connectivity index is 1.90. The first-order valence-corrected chi connectivity index (χ1v) is 6.34. The van der Waals surface area contributed by atoms with Crippen molar-refractivity contribution in [3.63, 3.8) is 0 Å². The van der Waals surface area contributed by atoms with Gasteiger partial charge in [-0.3, -0.25) is 4.79 Å². The molecule has 1 saturated heterocycles. The second-order valence-electron chi connectivity index (χ2n) is 4.73. The summed E-state index contributed by atoms with van der Waals surface area (Å²) in [5, 5.41) is 3.31. The van der Waals surface area contributed by atoms with Crippen LogP contribution >= 0.6 is 0 Å². The minimum atomic E-state index is 0.298. The maximum atomic E-state index is 12.3. The molecule has 3 heteroatoms. The Morgan fingerprint density at radius 3 is 2.40 bits per heavy atom. The van der Waals surface area contributed by atoms with Crippen molar-refractivity contribution < 1.29 is 4.79 Å². The van der Waals surface area contributed by atoms with Gasteiger partial charge >= 0.3 is 0 Å². The molecular weight excluding hydrogens is 188 g/mol.